The third-order valence-corrected chi connectivity index (χ3v) is 3.35. The van der Waals surface area contributed by atoms with Crippen LogP contribution >= 0.6 is 0 Å². The summed E-state index contributed by atoms with van der Waals surface area (Å²) in [5.74, 6) is 0.482. The highest BCUT2D eigenvalue weighted by atomic mass is 16.5. The van der Waals surface area contributed by atoms with Crippen LogP contribution in [0, 0.1) is 0 Å². The number of para-hydroxylation sites is 1. The number of nitrogens with two attached hydrogens (primary N) is 1. The Balaban J connectivity index is 1.99. The van der Waals surface area contributed by atoms with Crippen molar-refractivity contribution < 1.29 is 9.53 Å². The highest BCUT2D eigenvalue weighted by molar-refractivity contribution is 5.81. The molecule has 0 unspecified atom stereocenters. The first-order valence-electron chi connectivity index (χ1n) is 6.92. The summed E-state index contributed by atoms with van der Waals surface area (Å²) in [7, 11) is 1.66. The molecule has 0 aliphatic heterocycles. The predicted molar refractivity (Wildman–Crippen MR) is 83.1 cm³/mol. The summed E-state index contributed by atoms with van der Waals surface area (Å²) >= 11 is 0. The van der Waals surface area contributed by atoms with E-state index >= 15 is 0 Å². The quantitative estimate of drug-likeness (QED) is 0.818. The van der Waals surface area contributed by atoms with Crippen molar-refractivity contribution in [2.75, 3.05) is 13.7 Å². The number of hydrogen-bond donors (Lipinski definition) is 2. The number of nitrogens with one attached hydrogen (secondary N) is 1. The van der Waals surface area contributed by atoms with Crippen LogP contribution in [0.25, 0.3) is 0 Å². The zero-order valence-electron chi connectivity index (χ0n) is 12.1. The van der Waals surface area contributed by atoms with Crippen molar-refractivity contribution in [3.63, 3.8) is 0 Å². The van der Waals surface area contributed by atoms with Crippen molar-refractivity contribution >= 4 is 5.91 Å². The van der Waals surface area contributed by atoms with Crippen LogP contribution in [-0.2, 0) is 11.2 Å². The molecule has 1 amide bonds. The van der Waals surface area contributed by atoms with Gasteiger partial charge in [-0.1, -0.05) is 48.5 Å². The molecule has 0 aliphatic carbocycles. The molecule has 2 rings (SSSR count). The van der Waals surface area contributed by atoms with Gasteiger partial charge in [0.15, 0.2) is 0 Å². The maximum absolute atomic E-state index is 11.6. The molecule has 21 heavy (non-hydrogen) atoms. The van der Waals surface area contributed by atoms with E-state index in [1.807, 2.05) is 54.6 Å². The predicted octanol–water partition coefficient (Wildman–Crippen LogP) is 2.05. The fourth-order valence-electron chi connectivity index (χ4n) is 2.29. The lowest BCUT2D eigenvalue weighted by molar-refractivity contribution is -0.120. The van der Waals surface area contributed by atoms with Gasteiger partial charge >= 0.3 is 0 Å². The fraction of sp³-hybridized carbons (Fsp3) is 0.235. The lowest BCUT2D eigenvalue weighted by Gasteiger charge is -2.16. The normalized spacial score (nSPS) is 11.9. The number of carbonyl (C=O) groups excluding carboxylic acids is 1. The summed E-state index contributed by atoms with van der Waals surface area (Å²) in [6, 6.07) is 16.9. The van der Waals surface area contributed by atoms with E-state index in [1.165, 1.54) is 0 Å². The van der Waals surface area contributed by atoms with Crippen LogP contribution in [0.1, 0.15) is 17.2 Å². The first-order valence-corrected chi connectivity index (χ1v) is 6.92. The number of hydrogen-bond acceptors (Lipinski definition) is 3. The van der Waals surface area contributed by atoms with Gasteiger partial charge in [0, 0.05) is 6.54 Å². The third-order valence-electron chi connectivity index (χ3n) is 3.35. The maximum atomic E-state index is 11.6. The molecule has 3 N–H and O–H groups in total. The van der Waals surface area contributed by atoms with E-state index < -0.39 is 6.04 Å². The summed E-state index contributed by atoms with van der Waals surface area (Å²) in [5, 5.41) is 3.21. The average molecular weight is 284 g/mol. The fourth-order valence-corrected chi connectivity index (χ4v) is 2.29. The maximum Gasteiger partial charge on any atom is 0.239 e. The molecule has 0 fully saturated rings. The first-order chi connectivity index (χ1) is 10.2. The molecule has 0 radical (unpaired) electrons. The monoisotopic (exact) mass is 284 g/mol. The Morgan fingerprint density at radius 2 is 1.81 bits per heavy atom. The SMILES string of the molecule is COc1ccccc1CCN[C@@H](C(N)=O)c1ccccc1. The summed E-state index contributed by atoms with van der Waals surface area (Å²) in [6.07, 6.45) is 0.765. The molecule has 0 aromatic heterocycles. The number of rotatable bonds is 7. The minimum Gasteiger partial charge on any atom is -0.496 e. The Labute approximate surface area is 124 Å². The highest BCUT2D eigenvalue weighted by Crippen LogP contribution is 2.18. The molecule has 2 aromatic carbocycles. The molecule has 1 atom stereocenters. The standard InChI is InChI=1S/C17H20N2O2/c1-21-15-10-6-5-7-13(15)11-12-19-16(17(18)20)14-8-3-2-4-9-14/h2-10,16,19H,11-12H2,1H3,(H2,18,20)/t16-/m1/s1. The zero-order valence-corrected chi connectivity index (χ0v) is 12.1. The van der Waals surface area contributed by atoms with Crippen LogP contribution in [-0.4, -0.2) is 19.6 Å². The van der Waals surface area contributed by atoms with Crippen LogP contribution in [0.4, 0.5) is 0 Å². The summed E-state index contributed by atoms with van der Waals surface area (Å²) in [4.78, 5) is 11.6. The number of benzene rings is 2. The molecular weight excluding hydrogens is 264 g/mol. The molecule has 0 saturated carbocycles. The third kappa shape index (κ3) is 4.07. The van der Waals surface area contributed by atoms with Gasteiger partial charge in [0.25, 0.3) is 0 Å². The van der Waals surface area contributed by atoms with Crippen molar-refractivity contribution in [3.05, 3.63) is 65.7 Å². The second-order valence-electron chi connectivity index (χ2n) is 4.76. The van der Waals surface area contributed by atoms with Gasteiger partial charge in [0.2, 0.25) is 5.91 Å². The molecular formula is C17H20N2O2. The summed E-state index contributed by atoms with van der Waals surface area (Å²) in [6.45, 7) is 0.642. The molecule has 0 spiro atoms. The van der Waals surface area contributed by atoms with Crippen LogP contribution in [0.5, 0.6) is 5.75 Å². The van der Waals surface area contributed by atoms with Gasteiger partial charge in [-0.3, -0.25) is 4.79 Å². The van der Waals surface area contributed by atoms with Crippen molar-refractivity contribution in [1.82, 2.24) is 5.32 Å². The van der Waals surface area contributed by atoms with E-state index in [2.05, 4.69) is 5.32 Å². The van der Waals surface area contributed by atoms with Gasteiger partial charge in [0.05, 0.1) is 7.11 Å². The van der Waals surface area contributed by atoms with Crippen molar-refractivity contribution in [3.8, 4) is 5.75 Å². The van der Waals surface area contributed by atoms with E-state index in [0.29, 0.717) is 6.54 Å². The minimum atomic E-state index is -0.471. The van der Waals surface area contributed by atoms with Crippen LogP contribution in [0.3, 0.4) is 0 Å². The Morgan fingerprint density at radius 1 is 1.14 bits per heavy atom. The minimum absolute atomic E-state index is 0.374. The highest BCUT2D eigenvalue weighted by Gasteiger charge is 2.16. The van der Waals surface area contributed by atoms with Gasteiger partial charge < -0.3 is 15.8 Å². The Kier molecular flexibility index (Phi) is 5.35. The second kappa shape index (κ2) is 7.45. The molecule has 0 saturated heterocycles. The van der Waals surface area contributed by atoms with E-state index in [-0.39, 0.29) is 5.91 Å². The van der Waals surface area contributed by atoms with Crippen LogP contribution < -0.4 is 15.8 Å². The van der Waals surface area contributed by atoms with Gasteiger partial charge in [-0.15, -0.1) is 0 Å². The van der Waals surface area contributed by atoms with Gasteiger partial charge in [-0.05, 0) is 23.6 Å². The zero-order chi connectivity index (χ0) is 15.1. The topological polar surface area (TPSA) is 64.3 Å². The van der Waals surface area contributed by atoms with Crippen molar-refractivity contribution in [2.24, 2.45) is 5.73 Å². The molecule has 4 nitrogen and oxygen atoms in total. The van der Waals surface area contributed by atoms with E-state index in [1.54, 1.807) is 7.11 Å². The van der Waals surface area contributed by atoms with Crippen molar-refractivity contribution in [2.45, 2.75) is 12.5 Å². The summed E-state index contributed by atoms with van der Waals surface area (Å²) in [5.41, 5.74) is 7.46. The second-order valence-corrected chi connectivity index (χ2v) is 4.76. The van der Waals surface area contributed by atoms with E-state index in [0.717, 1.165) is 23.3 Å². The number of primary amides is 1. The summed E-state index contributed by atoms with van der Waals surface area (Å²) < 4.78 is 5.32. The van der Waals surface area contributed by atoms with Crippen molar-refractivity contribution in [1.29, 1.82) is 0 Å². The lowest BCUT2D eigenvalue weighted by Crippen LogP contribution is -2.34. The number of ether oxygens (including phenoxy) is 1. The Morgan fingerprint density at radius 3 is 2.48 bits per heavy atom. The van der Waals surface area contributed by atoms with E-state index in [9.17, 15) is 4.79 Å². The molecule has 4 heteroatoms. The molecule has 0 heterocycles. The van der Waals surface area contributed by atoms with Gasteiger partial charge in [-0.25, -0.2) is 0 Å². The smallest absolute Gasteiger partial charge is 0.239 e. The van der Waals surface area contributed by atoms with Gasteiger partial charge in [-0.2, -0.15) is 0 Å². The Hall–Kier alpha value is -2.33. The Bertz CT molecular complexity index is 584. The lowest BCUT2D eigenvalue weighted by atomic mass is 10.1. The largest absolute Gasteiger partial charge is 0.496 e. The average Bonchev–Trinajstić information content (AvgIpc) is 2.52. The molecule has 2 aromatic rings. The first kappa shape index (κ1) is 15.1. The number of methoxy groups -OCH3 is 1. The van der Waals surface area contributed by atoms with E-state index in [4.69, 9.17) is 10.5 Å². The molecule has 0 aliphatic rings. The number of carbonyl (C=O) groups is 1. The van der Waals surface area contributed by atoms with Crippen LogP contribution in [0.2, 0.25) is 0 Å². The molecule has 110 valence electrons. The van der Waals surface area contributed by atoms with Gasteiger partial charge in [0.1, 0.15) is 11.8 Å². The molecule has 0 bridgehead atoms. The number of amides is 1. The van der Waals surface area contributed by atoms with Crippen LogP contribution in [0.15, 0.2) is 54.6 Å².